The van der Waals surface area contributed by atoms with Crippen molar-refractivity contribution in [2.24, 2.45) is 0 Å². The van der Waals surface area contributed by atoms with Crippen LogP contribution in [0.25, 0.3) is 0 Å². The molecular weight excluding hydrogens is 503 g/mol. The first-order chi connectivity index (χ1) is 19.8. The molecule has 1 aromatic rings. The van der Waals surface area contributed by atoms with Gasteiger partial charge in [0.2, 0.25) is 0 Å². The predicted octanol–water partition coefficient (Wildman–Crippen LogP) is 11.1. The molecule has 0 aromatic heterocycles. The minimum atomic E-state index is -0.336. The van der Waals surface area contributed by atoms with E-state index >= 15 is 0 Å². The fourth-order valence-corrected chi connectivity index (χ4v) is 5.80. The highest BCUT2D eigenvalue weighted by Crippen LogP contribution is 2.36. The Morgan fingerprint density at radius 2 is 0.951 bits per heavy atom. The van der Waals surface area contributed by atoms with Crippen molar-refractivity contribution in [3.8, 4) is 5.75 Å². The summed E-state index contributed by atoms with van der Waals surface area (Å²) in [4.78, 5) is 0. The Labute approximate surface area is 256 Å². The molecule has 41 heavy (non-hydrogen) atoms. The van der Waals surface area contributed by atoms with Crippen molar-refractivity contribution >= 4 is 12.6 Å². The topological polar surface area (TPSA) is 27.7 Å². The van der Waals surface area contributed by atoms with Gasteiger partial charge in [0.15, 0.2) is 0 Å². The molecule has 0 aliphatic carbocycles. The standard InChI is InChI=1S/C37H67BO3/c1-7-9-11-13-15-17-18-19-20-21-22-24-26-28-33-30-34(38-40-36(3,4)37(5,6)41-38)32-35(31-33)39-29-27-25-23-16-14-12-10-8-2/h30-32H,7-29H2,1-6H3. The van der Waals surface area contributed by atoms with Crippen LogP contribution in [0.4, 0.5) is 0 Å². The largest absolute Gasteiger partial charge is 0.494 e. The fourth-order valence-electron chi connectivity index (χ4n) is 5.80. The molecule has 236 valence electrons. The van der Waals surface area contributed by atoms with Gasteiger partial charge in [0.05, 0.1) is 17.8 Å². The summed E-state index contributed by atoms with van der Waals surface area (Å²) in [7, 11) is -0.336. The molecule has 1 aliphatic rings. The molecule has 0 saturated carbocycles. The monoisotopic (exact) mass is 571 g/mol. The van der Waals surface area contributed by atoms with Gasteiger partial charge in [0, 0.05) is 0 Å². The van der Waals surface area contributed by atoms with Crippen molar-refractivity contribution in [3.63, 3.8) is 0 Å². The van der Waals surface area contributed by atoms with Gasteiger partial charge in [-0.3, -0.25) is 0 Å². The Hall–Kier alpha value is -0.995. The fraction of sp³-hybridized carbons (Fsp3) is 0.838. The lowest BCUT2D eigenvalue weighted by atomic mass is 9.78. The number of benzene rings is 1. The van der Waals surface area contributed by atoms with Crippen molar-refractivity contribution in [1.29, 1.82) is 0 Å². The maximum absolute atomic E-state index is 6.40. The van der Waals surface area contributed by atoms with Crippen molar-refractivity contribution in [1.82, 2.24) is 0 Å². The zero-order chi connectivity index (χ0) is 29.8. The quantitative estimate of drug-likeness (QED) is 0.0864. The Morgan fingerprint density at radius 1 is 0.537 bits per heavy atom. The van der Waals surface area contributed by atoms with Crippen LogP contribution >= 0.6 is 0 Å². The van der Waals surface area contributed by atoms with Gasteiger partial charge < -0.3 is 14.0 Å². The van der Waals surface area contributed by atoms with E-state index in [4.69, 9.17) is 14.0 Å². The summed E-state index contributed by atoms with van der Waals surface area (Å²) in [5, 5.41) is 0. The summed E-state index contributed by atoms with van der Waals surface area (Å²) >= 11 is 0. The van der Waals surface area contributed by atoms with Crippen LogP contribution in [0.15, 0.2) is 18.2 Å². The van der Waals surface area contributed by atoms with Crippen LogP contribution in [0, 0.1) is 0 Å². The minimum absolute atomic E-state index is 0.332. The lowest BCUT2D eigenvalue weighted by Crippen LogP contribution is -2.41. The summed E-state index contributed by atoms with van der Waals surface area (Å²) < 4.78 is 19.1. The molecular formula is C37H67BO3. The van der Waals surface area contributed by atoms with Crippen molar-refractivity contribution < 1.29 is 14.0 Å². The van der Waals surface area contributed by atoms with Crippen LogP contribution in [-0.2, 0) is 15.7 Å². The predicted molar refractivity (Wildman–Crippen MR) is 180 cm³/mol. The van der Waals surface area contributed by atoms with Gasteiger partial charge in [-0.25, -0.2) is 0 Å². The number of ether oxygens (including phenoxy) is 1. The van der Waals surface area contributed by atoms with Gasteiger partial charge in [-0.1, -0.05) is 142 Å². The van der Waals surface area contributed by atoms with Gasteiger partial charge in [-0.15, -0.1) is 0 Å². The zero-order valence-electron chi connectivity index (χ0n) is 28.3. The second kappa shape index (κ2) is 20.8. The van der Waals surface area contributed by atoms with Crippen LogP contribution in [0.1, 0.15) is 182 Å². The summed E-state index contributed by atoms with van der Waals surface area (Å²) in [5.74, 6) is 0.977. The molecule has 0 bridgehead atoms. The number of aryl methyl sites for hydroxylation is 1. The van der Waals surface area contributed by atoms with Gasteiger partial charge in [-0.05, 0) is 70.1 Å². The first-order valence-corrected chi connectivity index (χ1v) is 17.9. The maximum Gasteiger partial charge on any atom is 0.494 e. The molecule has 0 N–H and O–H groups in total. The first kappa shape index (κ1) is 36.2. The number of hydrogen-bond donors (Lipinski definition) is 0. The molecule has 2 rings (SSSR count). The average Bonchev–Trinajstić information content (AvgIpc) is 3.16. The third kappa shape index (κ3) is 14.8. The molecule has 3 nitrogen and oxygen atoms in total. The van der Waals surface area contributed by atoms with Crippen molar-refractivity contribution in [2.75, 3.05) is 6.61 Å². The highest BCUT2D eigenvalue weighted by molar-refractivity contribution is 6.62. The maximum atomic E-state index is 6.40. The van der Waals surface area contributed by atoms with E-state index in [-0.39, 0.29) is 18.3 Å². The summed E-state index contributed by atoms with van der Waals surface area (Å²) in [6.45, 7) is 13.9. The lowest BCUT2D eigenvalue weighted by Gasteiger charge is -2.32. The molecule has 1 heterocycles. The molecule has 4 heteroatoms. The summed E-state index contributed by atoms with van der Waals surface area (Å²) in [5.41, 5.74) is 1.79. The van der Waals surface area contributed by atoms with E-state index in [1.165, 1.54) is 134 Å². The van der Waals surface area contributed by atoms with E-state index in [1.54, 1.807) is 0 Å². The Morgan fingerprint density at radius 3 is 1.41 bits per heavy atom. The SMILES string of the molecule is CCCCCCCCCCCCCCCc1cc(OCCCCCCCCCC)cc(B2OC(C)(C)C(C)(C)O2)c1. The molecule has 0 amide bonds. The van der Waals surface area contributed by atoms with Crippen LogP contribution in [-0.4, -0.2) is 24.9 Å². The molecule has 0 radical (unpaired) electrons. The first-order valence-electron chi connectivity index (χ1n) is 17.9. The Kier molecular flexibility index (Phi) is 18.4. The third-order valence-corrected chi connectivity index (χ3v) is 9.35. The molecule has 1 saturated heterocycles. The Balaban J connectivity index is 1.76. The zero-order valence-corrected chi connectivity index (χ0v) is 28.3. The number of hydrogen-bond acceptors (Lipinski definition) is 3. The minimum Gasteiger partial charge on any atom is -0.494 e. The van der Waals surface area contributed by atoms with Crippen molar-refractivity contribution in [2.45, 2.75) is 194 Å². The van der Waals surface area contributed by atoms with E-state index in [2.05, 4.69) is 59.7 Å². The normalized spacial score (nSPS) is 16.0. The highest BCUT2D eigenvalue weighted by Gasteiger charge is 2.51. The van der Waals surface area contributed by atoms with Gasteiger partial charge in [0.25, 0.3) is 0 Å². The van der Waals surface area contributed by atoms with Gasteiger partial charge in [0.1, 0.15) is 5.75 Å². The molecule has 0 spiro atoms. The summed E-state index contributed by atoms with van der Waals surface area (Å²) in [6, 6.07) is 6.71. The van der Waals surface area contributed by atoms with E-state index < -0.39 is 0 Å². The van der Waals surface area contributed by atoms with E-state index in [0.29, 0.717) is 0 Å². The van der Waals surface area contributed by atoms with Crippen LogP contribution in [0.2, 0.25) is 0 Å². The lowest BCUT2D eigenvalue weighted by molar-refractivity contribution is 0.00578. The number of unbranched alkanes of at least 4 members (excludes halogenated alkanes) is 19. The van der Waals surface area contributed by atoms with Crippen LogP contribution in [0.5, 0.6) is 5.75 Å². The average molecular weight is 571 g/mol. The van der Waals surface area contributed by atoms with Gasteiger partial charge in [-0.2, -0.15) is 0 Å². The van der Waals surface area contributed by atoms with E-state index in [1.807, 2.05) is 0 Å². The van der Waals surface area contributed by atoms with E-state index in [0.717, 1.165) is 30.7 Å². The molecule has 1 aliphatic heterocycles. The number of rotatable bonds is 25. The van der Waals surface area contributed by atoms with E-state index in [9.17, 15) is 0 Å². The second-order valence-electron chi connectivity index (χ2n) is 13.8. The van der Waals surface area contributed by atoms with Crippen molar-refractivity contribution in [3.05, 3.63) is 23.8 Å². The molecule has 1 aromatic carbocycles. The third-order valence-electron chi connectivity index (χ3n) is 9.35. The smallest absolute Gasteiger partial charge is 0.494 e. The second-order valence-corrected chi connectivity index (χ2v) is 13.8. The van der Waals surface area contributed by atoms with Crippen LogP contribution < -0.4 is 10.2 Å². The van der Waals surface area contributed by atoms with Gasteiger partial charge >= 0.3 is 7.12 Å². The van der Waals surface area contributed by atoms with Crippen LogP contribution in [0.3, 0.4) is 0 Å². The molecule has 0 unspecified atom stereocenters. The highest BCUT2D eigenvalue weighted by atomic mass is 16.7. The summed E-state index contributed by atoms with van der Waals surface area (Å²) in [6.07, 6.45) is 29.7. The molecule has 1 fully saturated rings. The molecule has 0 atom stereocenters. The Bertz CT molecular complexity index is 774.